The van der Waals surface area contributed by atoms with Gasteiger partial charge in [0.2, 0.25) is 5.91 Å². The van der Waals surface area contributed by atoms with Crippen LogP contribution in [0.2, 0.25) is 0 Å². The Kier molecular flexibility index (Phi) is 10.8. The molecular weight excluding hydrogens is 567 g/mol. The first-order valence-electron chi connectivity index (χ1n) is 12.7. The molecule has 0 unspecified atom stereocenters. The molecule has 8 nitrogen and oxygen atoms in total. The number of fused-ring (bicyclic) bond motifs is 2. The van der Waals surface area contributed by atoms with Gasteiger partial charge in [-0.15, -0.1) is 0 Å². The van der Waals surface area contributed by atoms with Gasteiger partial charge in [-0.1, -0.05) is 12.1 Å². The molecule has 2 heterocycles. The largest absolute Gasteiger partial charge is 0.490 e. The number of amides is 1. The van der Waals surface area contributed by atoms with E-state index in [4.69, 9.17) is 19.8 Å². The Bertz CT molecular complexity index is 1050. The predicted molar refractivity (Wildman–Crippen MR) is 132 cm³/mol. The third-order valence-corrected chi connectivity index (χ3v) is 8.01. The van der Waals surface area contributed by atoms with Crippen LogP contribution in [-0.4, -0.2) is 102 Å². The Hall–Kier alpha value is -2.94. The van der Waals surface area contributed by atoms with Gasteiger partial charge in [-0.25, -0.2) is 14.0 Å². The van der Waals surface area contributed by atoms with Gasteiger partial charge in [-0.05, 0) is 74.8 Å². The van der Waals surface area contributed by atoms with Crippen LogP contribution < -0.4 is 0 Å². The molecule has 1 spiro atoms. The minimum absolute atomic E-state index is 0.169. The lowest BCUT2D eigenvalue weighted by Gasteiger charge is -2.44. The average molecular weight is 602 g/mol. The molecule has 0 aromatic heterocycles. The standard InChI is InChI=1S/C22H32FN3O.2C2HF3O2/c1-24(2)20(27)22-9-8-21(19(22)15-25(3)16-22)10-12-26(13-11-21)14-17-4-6-18(23)7-5-17;2*3-2(4,5)1(6)7/h4-7,19H,8-16H2,1-3H3;2*(H,6,7)/t19-,22+;;/m0../s1. The van der Waals surface area contributed by atoms with Gasteiger partial charge in [0.25, 0.3) is 0 Å². The molecule has 15 heteroatoms. The number of hydrogen-bond donors (Lipinski definition) is 2. The number of hydrogen-bond acceptors (Lipinski definition) is 5. The molecule has 2 atom stereocenters. The van der Waals surface area contributed by atoms with Gasteiger partial charge in [0.1, 0.15) is 5.82 Å². The summed E-state index contributed by atoms with van der Waals surface area (Å²) < 4.78 is 76.6. The lowest BCUT2D eigenvalue weighted by Crippen LogP contribution is -2.48. The zero-order valence-corrected chi connectivity index (χ0v) is 22.9. The predicted octanol–water partition coefficient (Wildman–Crippen LogP) is 4.10. The second-order valence-corrected chi connectivity index (χ2v) is 11.0. The van der Waals surface area contributed by atoms with E-state index in [1.54, 1.807) is 12.1 Å². The lowest BCUT2D eigenvalue weighted by molar-refractivity contribution is -0.193. The summed E-state index contributed by atoms with van der Waals surface area (Å²) in [6.07, 6.45) is -5.59. The highest BCUT2D eigenvalue weighted by Crippen LogP contribution is 2.62. The van der Waals surface area contributed by atoms with Crippen molar-refractivity contribution in [2.45, 2.75) is 44.6 Å². The van der Waals surface area contributed by atoms with Crippen molar-refractivity contribution in [3.63, 3.8) is 0 Å². The number of alkyl halides is 6. The van der Waals surface area contributed by atoms with Crippen LogP contribution in [-0.2, 0) is 20.9 Å². The summed E-state index contributed by atoms with van der Waals surface area (Å²) in [6, 6.07) is 6.88. The molecule has 2 N–H and O–H groups in total. The second-order valence-electron chi connectivity index (χ2n) is 11.0. The number of likely N-dealkylation sites (tertiary alicyclic amines) is 2. The van der Waals surface area contributed by atoms with Gasteiger partial charge in [-0.3, -0.25) is 9.69 Å². The van der Waals surface area contributed by atoms with Crippen molar-refractivity contribution in [1.29, 1.82) is 0 Å². The van der Waals surface area contributed by atoms with Crippen LogP contribution in [0.3, 0.4) is 0 Å². The lowest BCUT2D eigenvalue weighted by atomic mass is 9.65. The minimum atomic E-state index is -5.08. The summed E-state index contributed by atoms with van der Waals surface area (Å²) in [5.41, 5.74) is 1.32. The Balaban J connectivity index is 0.000000349. The summed E-state index contributed by atoms with van der Waals surface area (Å²) in [5, 5.41) is 14.2. The molecule has 232 valence electrons. The van der Waals surface area contributed by atoms with Crippen LogP contribution in [0.4, 0.5) is 30.7 Å². The Labute approximate surface area is 232 Å². The van der Waals surface area contributed by atoms with E-state index < -0.39 is 24.3 Å². The number of carboxylic acid groups (broad SMARTS) is 2. The molecule has 41 heavy (non-hydrogen) atoms. The van der Waals surface area contributed by atoms with Crippen LogP contribution in [0.1, 0.15) is 31.2 Å². The van der Waals surface area contributed by atoms with E-state index in [1.165, 1.54) is 24.8 Å². The highest BCUT2D eigenvalue weighted by Gasteiger charge is 2.64. The monoisotopic (exact) mass is 601 g/mol. The minimum Gasteiger partial charge on any atom is -0.475 e. The molecule has 0 bridgehead atoms. The smallest absolute Gasteiger partial charge is 0.475 e. The molecule has 1 aliphatic carbocycles. The van der Waals surface area contributed by atoms with Crippen molar-refractivity contribution in [2.24, 2.45) is 16.7 Å². The third-order valence-electron chi connectivity index (χ3n) is 8.01. The van der Waals surface area contributed by atoms with Gasteiger partial charge in [0, 0.05) is 33.7 Å². The van der Waals surface area contributed by atoms with Crippen LogP contribution in [0, 0.1) is 22.6 Å². The fourth-order valence-corrected chi connectivity index (χ4v) is 6.19. The first-order valence-corrected chi connectivity index (χ1v) is 12.7. The van der Waals surface area contributed by atoms with Gasteiger partial charge < -0.3 is 20.0 Å². The molecule has 3 aliphatic rings. The average Bonchev–Trinajstić information content (AvgIpc) is 3.35. The van der Waals surface area contributed by atoms with E-state index in [9.17, 15) is 35.5 Å². The van der Waals surface area contributed by atoms with Crippen molar-refractivity contribution in [3.8, 4) is 0 Å². The number of benzene rings is 1. The van der Waals surface area contributed by atoms with E-state index in [-0.39, 0.29) is 11.2 Å². The Morgan fingerprint density at radius 3 is 1.78 bits per heavy atom. The van der Waals surface area contributed by atoms with Crippen LogP contribution >= 0.6 is 0 Å². The van der Waals surface area contributed by atoms with Crippen molar-refractivity contribution in [2.75, 3.05) is 47.3 Å². The maximum Gasteiger partial charge on any atom is 0.490 e. The van der Waals surface area contributed by atoms with Gasteiger partial charge in [0.05, 0.1) is 5.41 Å². The molecule has 1 aromatic rings. The fraction of sp³-hybridized carbons (Fsp3) is 0.654. The van der Waals surface area contributed by atoms with E-state index in [0.717, 1.165) is 39.1 Å². The maximum absolute atomic E-state index is 13.1. The topological polar surface area (TPSA) is 101 Å². The quantitative estimate of drug-likeness (QED) is 0.504. The molecule has 3 fully saturated rings. The zero-order chi connectivity index (χ0) is 31.4. The number of rotatable bonds is 3. The number of carbonyl (C=O) groups is 3. The van der Waals surface area contributed by atoms with Gasteiger partial charge in [-0.2, -0.15) is 26.3 Å². The number of carbonyl (C=O) groups excluding carboxylic acids is 1. The second kappa shape index (κ2) is 12.9. The van der Waals surface area contributed by atoms with E-state index in [2.05, 4.69) is 16.8 Å². The van der Waals surface area contributed by atoms with E-state index in [0.29, 0.717) is 17.2 Å². The molecule has 1 amide bonds. The fourth-order valence-electron chi connectivity index (χ4n) is 6.19. The SMILES string of the molecule is CN1C[C@H]2C3(CCN(Cc4ccc(F)cc4)CC3)CC[C@@]2(C(=O)N(C)C)C1.O=C(O)C(F)(F)F.O=C(O)C(F)(F)F. The molecule has 1 aromatic carbocycles. The number of carboxylic acids is 2. The first kappa shape index (κ1) is 34.3. The first-order chi connectivity index (χ1) is 18.7. The molecule has 0 radical (unpaired) electrons. The summed E-state index contributed by atoms with van der Waals surface area (Å²) >= 11 is 0. The van der Waals surface area contributed by atoms with Crippen LogP contribution in [0.15, 0.2) is 24.3 Å². The Morgan fingerprint density at radius 2 is 1.37 bits per heavy atom. The maximum atomic E-state index is 13.1. The number of halogens is 7. The van der Waals surface area contributed by atoms with Crippen molar-refractivity contribution >= 4 is 17.8 Å². The van der Waals surface area contributed by atoms with Gasteiger partial charge >= 0.3 is 24.3 Å². The molecular formula is C26H34F7N3O5. The molecule has 2 aliphatic heterocycles. The molecule has 4 rings (SSSR count). The van der Waals surface area contributed by atoms with E-state index >= 15 is 0 Å². The number of piperidine rings is 1. The normalized spacial score (nSPS) is 24.0. The molecule has 1 saturated carbocycles. The molecule has 2 saturated heterocycles. The van der Waals surface area contributed by atoms with Crippen molar-refractivity contribution in [1.82, 2.24) is 14.7 Å². The van der Waals surface area contributed by atoms with Crippen molar-refractivity contribution < 1.29 is 55.3 Å². The summed E-state index contributed by atoms with van der Waals surface area (Å²) in [6.45, 7) is 5.00. The van der Waals surface area contributed by atoms with E-state index in [1.807, 2.05) is 31.1 Å². The summed E-state index contributed by atoms with van der Waals surface area (Å²) in [4.78, 5) is 37.6. The highest BCUT2D eigenvalue weighted by molar-refractivity contribution is 5.84. The van der Waals surface area contributed by atoms with Gasteiger partial charge in [0.15, 0.2) is 0 Å². The number of nitrogens with zero attached hydrogens (tertiary/aromatic N) is 3. The Morgan fingerprint density at radius 1 is 0.902 bits per heavy atom. The summed E-state index contributed by atoms with van der Waals surface area (Å²) in [5.74, 6) is -4.87. The van der Waals surface area contributed by atoms with Crippen LogP contribution in [0.5, 0.6) is 0 Å². The zero-order valence-electron chi connectivity index (χ0n) is 22.9. The summed E-state index contributed by atoms with van der Waals surface area (Å²) in [7, 11) is 5.98. The number of aliphatic carboxylic acids is 2. The highest BCUT2D eigenvalue weighted by atomic mass is 19.4. The third kappa shape index (κ3) is 8.53. The van der Waals surface area contributed by atoms with Crippen molar-refractivity contribution in [3.05, 3.63) is 35.6 Å². The van der Waals surface area contributed by atoms with Crippen LogP contribution in [0.25, 0.3) is 0 Å².